The average molecular weight is 230 g/mol. The van der Waals surface area contributed by atoms with Gasteiger partial charge in [-0.15, -0.1) is 0 Å². The molecule has 2 heterocycles. The summed E-state index contributed by atoms with van der Waals surface area (Å²) in [7, 11) is 0. The van der Waals surface area contributed by atoms with E-state index >= 15 is 0 Å². The van der Waals surface area contributed by atoms with Crippen LogP contribution in [0.5, 0.6) is 0 Å². The monoisotopic (exact) mass is 230 g/mol. The molecule has 2 rings (SSSR count). The summed E-state index contributed by atoms with van der Waals surface area (Å²) in [5.41, 5.74) is -1.69. The smallest absolute Gasteiger partial charge is 0.339 e. The summed E-state index contributed by atoms with van der Waals surface area (Å²) in [6, 6.07) is 0. The summed E-state index contributed by atoms with van der Waals surface area (Å²) >= 11 is 0. The van der Waals surface area contributed by atoms with Gasteiger partial charge in [-0.3, -0.25) is 4.79 Å². The molecule has 0 amide bonds. The maximum absolute atomic E-state index is 11.4. The van der Waals surface area contributed by atoms with Crippen LogP contribution < -0.4 is 0 Å². The second-order valence-corrected chi connectivity index (χ2v) is 4.13. The molecular weight excluding hydrogens is 216 g/mol. The number of hydrogen-bond donors (Lipinski definition) is 2. The van der Waals surface area contributed by atoms with Gasteiger partial charge in [0.05, 0.1) is 6.10 Å². The van der Waals surface area contributed by atoms with E-state index in [4.69, 9.17) is 14.6 Å². The van der Waals surface area contributed by atoms with Gasteiger partial charge in [0.15, 0.2) is 0 Å². The van der Waals surface area contributed by atoms with Crippen LogP contribution in [0.25, 0.3) is 0 Å². The van der Waals surface area contributed by atoms with Gasteiger partial charge in [-0.1, -0.05) is 0 Å². The van der Waals surface area contributed by atoms with Crippen molar-refractivity contribution in [2.75, 3.05) is 13.2 Å². The molecule has 2 N–H and O–H groups in total. The Balaban J connectivity index is 2.33. The van der Waals surface area contributed by atoms with E-state index in [9.17, 15) is 14.7 Å². The maximum Gasteiger partial charge on any atom is 0.339 e. The molecule has 0 bridgehead atoms. The molecule has 0 aromatic rings. The van der Waals surface area contributed by atoms with E-state index in [0.29, 0.717) is 13.0 Å². The first-order valence-electron chi connectivity index (χ1n) is 5.31. The van der Waals surface area contributed by atoms with Crippen molar-refractivity contribution in [1.82, 2.24) is 0 Å². The van der Waals surface area contributed by atoms with Gasteiger partial charge in [0.2, 0.25) is 5.60 Å². The van der Waals surface area contributed by atoms with Crippen molar-refractivity contribution in [3.05, 3.63) is 0 Å². The predicted octanol–water partition coefficient (Wildman–Crippen LogP) is 0.110. The molecule has 6 nitrogen and oxygen atoms in total. The molecule has 2 aliphatic rings. The molecule has 0 saturated carbocycles. The van der Waals surface area contributed by atoms with Crippen LogP contribution in [0.2, 0.25) is 0 Å². The van der Waals surface area contributed by atoms with Crippen molar-refractivity contribution in [3.8, 4) is 0 Å². The van der Waals surface area contributed by atoms with Gasteiger partial charge in [0, 0.05) is 13.2 Å². The minimum absolute atomic E-state index is 0.156. The van der Waals surface area contributed by atoms with Gasteiger partial charge in [0.25, 0.3) is 0 Å². The number of carboxylic acid groups (broad SMARTS) is 2. The second kappa shape index (κ2) is 4.03. The van der Waals surface area contributed by atoms with Crippen molar-refractivity contribution in [2.45, 2.75) is 31.0 Å². The summed E-state index contributed by atoms with van der Waals surface area (Å²) in [5.74, 6) is -3.38. The molecule has 0 aromatic heterocycles. The van der Waals surface area contributed by atoms with Crippen LogP contribution >= 0.6 is 0 Å². The zero-order valence-electron chi connectivity index (χ0n) is 8.72. The zero-order valence-corrected chi connectivity index (χ0v) is 8.72. The van der Waals surface area contributed by atoms with Gasteiger partial charge in [0.1, 0.15) is 5.92 Å². The highest BCUT2D eigenvalue weighted by atomic mass is 16.6. The highest BCUT2D eigenvalue weighted by Crippen LogP contribution is 2.40. The van der Waals surface area contributed by atoms with Gasteiger partial charge in [-0.25, -0.2) is 4.79 Å². The Morgan fingerprint density at radius 1 is 1.19 bits per heavy atom. The lowest BCUT2D eigenvalue weighted by molar-refractivity contribution is -0.187. The third-order valence-corrected chi connectivity index (χ3v) is 3.31. The number of aliphatic carboxylic acids is 2. The molecule has 2 saturated heterocycles. The quantitative estimate of drug-likeness (QED) is 0.714. The zero-order chi connectivity index (χ0) is 11.8. The van der Waals surface area contributed by atoms with Gasteiger partial charge in [-0.05, 0) is 19.3 Å². The van der Waals surface area contributed by atoms with Crippen LogP contribution in [-0.2, 0) is 19.1 Å². The van der Waals surface area contributed by atoms with E-state index in [0.717, 1.165) is 6.42 Å². The van der Waals surface area contributed by atoms with E-state index < -0.39 is 29.6 Å². The fraction of sp³-hybridized carbons (Fsp3) is 0.800. The Kier molecular flexibility index (Phi) is 2.86. The first-order valence-corrected chi connectivity index (χ1v) is 5.31. The lowest BCUT2D eigenvalue weighted by atomic mass is 9.81. The van der Waals surface area contributed by atoms with Gasteiger partial charge >= 0.3 is 11.9 Å². The van der Waals surface area contributed by atoms with Gasteiger partial charge < -0.3 is 19.7 Å². The Bertz CT molecular complexity index is 308. The van der Waals surface area contributed by atoms with Crippen molar-refractivity contribution in [1.29, 1.82) is 0 Å². The topological polar surface area (TPSA) is 93.1 Å². The SMILES string of the molecule is O=C(O)C1CCOC1(C(=O)O)C1CCCO1. The molecule has 90 valence electrons. The molecular formula is C10H14O6. The Labute approximate surface area is 92.2 Å². The molecule has 3 atom stereocenters. The lowest BCUT2D eigenvalue weighted by Crippen LogP contribution is -2.55. The largest absolute Gasteiger partial charge is 0.481 e. The normalized spacial score (nSPS) is 38.8. The molecule has 0 aromatic carbocycles. The fourth-order valence-corrected chi connectivity index (χ4v) is 2.55. The average Bonchev–Trinajstić information content (AvgIpc) is 2.86. The number of hydrogen-bond acceptors (Lipinski definition) is 4. The van der Waals surface area contributed by atoms with E-state index in [2.05, 4.69) is 0 Å². The van der Waals surface area contributed by atoms with E-state index in [1.165, 1.54) is 0 Å². The number of rotatable bonds is 3. The second-order valence-electron chi connectivity index (χ2n) is 4.13. The van der Waals surface area contributed by atoms with Crippen LogP contribution in [0.4, 0.5) is 0 Å². The molecule has 6 heteroatoms. The standard InChI is InChI=1S/C10H14O6/c11-8(12)6-3-5-16-10(6,9(13)14)7-2-1-4-15-7/h6-7H,1-5H2,(H,11,12)(H,13,14). The van der Waals surface area contributed by atoms with Crippen LogP contribution in [0.15, 0.2) is 0 Å². The predicted molar refractivity (Wildman–Crippen MR) is 51.0 cm³/mol. The molecule has 3 unspecified atom stereocenters. The van der Waals surface area contributed by atoms with Crippen LogP contribution in [0.1, 0.15) is 19.3 Å². The van der Waals surface area contributed by atoms with E-state index in [-0.39, 0.29) is 13.0 Å². The Hall–Kier alpha value is -1.14. The lowest BCUT2D eigenvalue weighted by Gasteiger charge is -2.32. The maximum atomic E-state index is 11.4. The summed E-state index contributed by atoms with van der Waals surface area (Å²) in [5, 5.41) is 18.3. The third kappa shape index (κ3) is 1.49. The fourth-order valence-electron chi connectivity index (χ4n) is 2.55. The summed E-state index contributed by atoms with van der Waals surface area (Å²) in [6.07, 6.45) is 0.862. The summed E-state index contributed by atoms with van der Waals surface area (Å²) in [4.78, 5) is 22.4. The van der Waals surface area contributed by atoms with Crippen molar-refractivity contribution >= 4 is 11.9 Å². The minimum Gasteiger partial charge on any atom is -0.481 e. The van der Waals surface area contributed by atoms with Crippen LogP contribution in [0, 0.1) is 5.92 Å². The summed E-state index contributed by atoms with van der Waals surface area (Å²) in [6.45, 7) is 0.624. The van der Waals surface area contributed by atoms with Crippen molar-refractivity contribution in [3.63, 3.8) is 0 Å². The van der Waals surface area contributed by atoms with Gasteiger partial charge in [-0.2, -0.15) is 0 Å². The first-order chi connectivity index (χ1) is 7.59. The molecule has 0 spiro atoms. The van der Waals surface area contributed by atoms with Crippen molar-refractivity contribution in [2.24, 2.45) is 5.92 Å². The number of carboxylic acids is 2. The number of ether oxygens (including phenoxy) is 2. The van der Waals surface area contributed by atoms with Crippen molar-refractivity contribution < 1.29 is 29.3 Å². The molecule has 2 aliphatic heterocycles. The highest BCUT2D eigenvalue weighted by molar-refractivity contribution is 5.87. The van der Waals surface area contributed by atoms with Crippen LogP contribution in [0.3, 0.4) is 0 Å². The third-order valence-electron chi connectivity index (χ3n) is 3.31. The number of carbonyl (C=O) groups is 2. The highest BCUT2D eigenvalue weighted by Gasteiger charge is 2.60. The van der Waals surface area contributed by atoms with E-state index in [1.807, 2.05) is 0 Å². The Morgan fingerprint density at radius 2 is 1.94 bits per heavy atom. The Morgan fingerprint density at radius 3 is 2.44 bits per heavy atom. The molecule has 2 fully saturated rings. The van der Waals surface area contributed by atoms with E-state index in [1.54, 1.807) is 0 Å². The van der Waals surface area contributed by atoms with Crippen LogP contribution in [-0.4, -0.2) is 47.1 Å². The first kappa shape index (κ1) is 11.3. The molecule has 0 aliphatic carbocycles. The molecule has 16 heavy (non-hydrogen) atoms. The summed E-state index contributed by atoms with van der Waals surface area (Å²) < 4.78 is 10.6. The molecule has 0 radical (unpaired) electrons. The minimum atomic E-state index is -1.69.